The van der Waals surface area contributed by atoms with Gasteiger partial charge in [-0.15, -0.1) is 12.6 Å². The van der Waals surface area contributed by atoms with E-state index in [2.05, 4.69) is 39.5 Å². The SMILES string of the molecule is Cc1ccc(C(C)(C)C)cc1OC[C@H]1O[C@@H](S)[C@H](N2C(=O)c3ccccc3C2=O)[C@@H](O)[C@@H]1OCc1ccccc1. The first-order chi connectivity index (χ1) is 19.1. The smallest absolute Gasteiger partial charge is 0.262 e. The molecular weight excluding hydrogens is 526 g/mol. The number of hydrogen-bond donors (Lipinski definition) is 2. The van der Waals surface area contributed by atoms with Crippen LogP contribution in [0, 0.1) is 6.92 Å². The number of hydrogen-bond acceptors (Lipinski definition) is 7. The molecule has 1 N–H and O–H groups in total. The van der Waals surface area contributed by atoms with E-state index in [9.17, 15) is 14.7 Å². The summed E-state index contributed by atoms with van der Waals surface area (Å²) >= 11 is 4.60. The molecule has 0 saturated carbocycles. The van der Waals surface area contributed by atoms with Crippen LogP contribution in [0.1, 0.15) is 58.2 Å². The van der Waals surface area contributed by atoms with E-state index in [0.29, 0.717) is 16.9 Å². The molecule has 0 bridgehead atoms. The standard InChI is InChI=1S/C32H35NO6S/c1-19-14-15-21(32(2,3)4)16-24(19)37-18-25-28(38-17-20-10-6-5-7-11-20)27(34)26(31(40)39-25)33-29(35)22-12-8-9-13-23(22)30(33)36/h5-16,25-28,31,34,40H,17-18H2,1-4H3/t25-,26-,27-,28-,31+/m1/s1. The Kier molecular flexibility index (Phi) is 8.06. The molecule has 1 fully saturated rings. The average Bonchev–Trinajstić information content (AvgIpc) is 3.17. The second-order valence-corrected chi connectivity index (χ2v) is 11.9. The maximum Gasteiger partial charge on any atom is 0.262 e. The van der Waals surface area contributed by atoms with Gasteiger partial charge in [-0.25, -0.2) is 0 Å². The molecule has 1 saturated heterocycles. The number of fused-ring (bicyclic) bond motifs is 1. The molecule has 3 aromatic carbocycles. The summed E-state index contributed by atoms with van der Waals surface area (Å²) in [7, 11) is 0. The second-order valence-electron chi connectivity index (χ2n) is 11.4. The molecule has 210 valence electrons. The number of benzene rings is 3. The summed E-state index contributed by atoms with van der Waals surface area (Å²) in [5.41, 5.74) is 2.59. The van der Waals surface area contributed by atoms with Crippen LogP contribution in [-0.2, 0) is 21.5 Å². The molecule has 40 heavy (non-hydrogen) atoms. The Morgan fingerprint density at radius 1 is 0.950 bits per heavy atom. The Morgan fingerprint density at radius 2 is 1.57 bits per heavy atom. The number of imide groups is 1. The predicted octanol–water partition coefficient (Wildman–Crippen LogP) is 4.94. The van der Waals surface area contributed by atoms with Crippen LogP contribution in [0.3, 0.4) is 0 Å². The lowest BCUT2D eigenvalue weighted by molar-refractivity contribution is -0.200. The zero-order valence-electron chi connectivity index (χ0n) is 23.1. The molecule has 3 aromatic rings. The highest BCUT2D eigenvalue weighted by Gasteiger charge is 2.53. The lowest BCUT2D eigenvalue weighted by atomic mass is 9.86. The van der Waals surface area contributed by atoms with Gasteiger partial charge in [-0.05, 0) is 47.2 Å². The third kappa shape index (κ3) is 5.54. The van der Waals surface area contributed by atoms with Crippen molar-refractivity contribution in [2.45, 2.75) is 69.5 Å². The molecular formula is C32H35NO6S. The van der Waals surface area contributed by atoms with Gasteiger partial charge in [-0.3, -0.25) is 14.5 Å². The molecule has 5 atom stereocenters. The molecule has 0 aromatic heterocycles. The summed E-state index contributed by atoms with van der Waals surface area (Å²) in [6.07, 6.45) is -2.88. The Bertz CT molecular complexity index is 1350. The summed E-state index contributed by atoms with van der Waals surface area (Å²) in [6, 6.07) is 21.3. The first-order valence-corrected chi connectivity index (χ1v) is 14.0. The number of rotatable bonds is 7. The quantitative estimate of drug-likeness (QED) is 0.314. The minimum absolute atomic E-state index is 0.0551. The molecule has 2 heterocycles. The highest BCUT2D eigenvalue weighted by Crippen LogP contribution is 2.35. The van der Waals surface area contributed by atoms with E-state index in [0.717, 1.165) is 21.6 Å². The van der Waals surface area contributed by atoms with Crippen molar-refractivity contribution in [3.05, 3.63) is 101 Å². The van der Waals surface area contributed by atoms with Gasteiger partial charge in [0.05, 0.1) is 17.7 Å². The van der Waals surface area contributed by atoms with E-state index in [4.69, 9.17) is 14.2 Å². The normalized spacial score (nSPS) is 24.8. The highest BCUT2D eigenvalue weighted by molar-refractivity contribution is 7.80. The molecule has 2 amide bonds. The maximum atomic E-state index is 13.3. The van der Waals surface area contributed by atoms with Crippen molar-refractivity contribution in [2.24, 2.45) is 0 Å². The van der Waals surface area contributed by atoms with Crippen LogP contribution in [0.4, 0.5) is 0 Å². The molecule has 7 nitrogen and oxygen atoms in total. The maximum absolute atomic E-state index is 13.3. The number of nitrogens with zero attached hydrogens (tertiary/aromatic N) is 1. The van der Waals surface area contributed by atoms with Crippen molar-refractivity contribution < 1.29 is 28.9 Å². The van der Waals surface area contributed by atoms with Crippen molar-refractivity contribution >= 4 is 24.4 Å². The average molecular weight is 562 g/mol. The van der Waals surface area contributed by atoms with E-state index in [-0.39, 0.29) is 18.6 Å². The fraction of sp³-hybridized carbons (Fsp3) is 0.375. The summed E-state index contributed by atoms with van der Waals surface area (Å²) in [6.45, 7) is 8.67. The zero-order chi connectivity index (χ0) is 28.6. The molecule has 2 aliphatic rings. The third-order valence-corrected chi connectivity index (χ3v) is 7.95. The summed E-state index contributed by atoms with van der Waals surface area (Å²) in [5, 5.41) is 11.7. The van der Waals surface area contributed by atoms with Gasteiger partial charge in [-0.2, -0.15) is 0 Å². The van der Waals surface area contributed by atoms with E-state index in [1.807, 2.05) is 49.4 Å². The number of thiol groups is 1. The Hall–Kier alpha value is -3.17. The van der Waals surface area contributed by atoms with Crippen LogP contribution >= 0.6 is 12.6 Å². The van der Waals surface area contributed by atoms with Crippen LogP contribution in [0.2, 0.25) is 0 Å². The molecule has 8 heteroatoms. The van der Waals surface area contributed by atoms with E-state index < -0.39 is 41.6 Å². The summed E-state index contributed by atoms with van der Waals surface area (Å²) < 4.78 is 18.7. The van der Waals surface area contributed by atoms with Crippen LogP contribution in [-0.4, -0.2) is 58.2 Å². The zero-order valence-corrected chi connectivity index (χ0v) is 24.0. The summed E-state index contributed by atoms with van der Waals surface area (Å²) in [5.74, 6) is -0.262. The monoisotopic (exact) mass is 561 g/mol. The van der Waals surface area contributed by atoms with Crippen molar-refractivity contribution in [1.82, 2.24) is 4.90 Å². The molecule has 0 radical (unpaired) electrons. The fourth-order valence-electron chi connectivity index (χ4n) is 5.18. The van der Waals surface area contributed by atoms with Crippen LogP contribution < -0.4 is 4.74 Å². The van der Waals surface area contributed by atoms with Crippen LogP contribution in [0.25, 0.3) is 0 Å². The fourth-order valence-corrected chi connectivity index (χ4v) is 5.65. The van der Waals surface area contributed by atoms with Crippen LogP contribution in [0.5, 0.6) is 5.75 Å². The first-order valence-electron chi connectivity index (χ1n) is 13.4. The number of carbonyl (C=O) groups excluding carboxylic acids is 2. The predicted molar refractivity (Wildman–Crippen MR) is 155 cm³/mol. The van der Waals surface area contributed by atoms with Gasteiger partial charge >= 0.3 is 0 Å². The minimum atomic E-state index is -1.27. The Balaban J connectivity index is 1.40. The highest BCUT2D eigenvalue weighted by atomic mass is 32.1. The van der Waals surface area contributed by atoms with E-state index in [1.54, 1.807) is 24.3 Å². The molecule has 0 aliphatic carbocycles. The van der Waals surface area contributed by atoms with Crippen molar-refractivity contribution in [2.75, 3.05) is 6.61 Å². The number of aliphatic hydroxyl groups is 1. The van der Waals surface area contributed by atoms with Crippen LogP contribution in [0.15, 0.2) is 72.8 Å². The number of aliphatic hydroxyl groups excluding tert-OH is 1. The molecule has 0 unspecified atom stereocenters. The molecule has 0 spiro atoms. The van der Waals surface area contributed by atoms with Gasteiger partial charge in [0.25, 0.3) is 11.8 Å². The molecule has 2 aliphatic heterocycles. The largest absolute Gasteiger partial charge is 0.490 e. The lowest BCUT2D eigenvalue weighted by Gasteiger charge is -2.45. The van der Waals surface area contributed by atoms with Crippen molar-refractivity contribution in [1.29, 1.82) is 0 Å². The second kappa shape index (κ2) is 11.4. The first kappa shape index (κ1) is 28.4. The van der Waals surface area contributed by atoms with E-state index >= 15 is 0 Å². The van der Waals surface area contributed by atoms with Crippen molar-refractivity contribution in [3.8, 4) is 5.75 Å². The number of ether oxygens (including phenoxy) is 3. The van der Waals surface area contributed by atoms with Gasteiger partial charge in [0, 0.05) is 0 Å². The van der Waals surface area contributed by atoms with Crippen molar-refractivity contribution in [3.63, 3.8) is 0 Å². The van der Waals surface area contributed by atoms with Gasteiger partial charge in [0.15, 0.2) is 0 Å². The Labute approximate surface area is 240 Å². The molecule has 5 rings (SSSR count). The number of aryl methyl sites for hydroxylation is 1. The van der Waals surface area contributed by atoms with E-state index in [1.165, 1.54) is 0 Å². The van der Waals surface area contributed by atoms with Gasteiger partial charge in [-0.1, -0.05) is 75.4 Å². The number of carbonyl (C=O) groups is 2. The lowest BCUT2D eigenvalue weighted by Crippen LogP contribution is -2.64. The van der Waals surface area contributed by atoms with Gasteiger partial charge < -0.3 is 19.3 Å². The summed E-state index contributed by atoms with van der Waals surface area (Å²) in [4.78, 5) is 27.6. The third-order valence-electron chi connectivity index (χ3n) is 7.53. The minimum Gasteiger partial charge on any atom is -0.490 e. The van der Waals surface area contributed by atoms with Gasteiger partial charge in [0.2, 0.25) is 0 Å². The Morgan fingerprint density at radius 3 is 2.20 bits per heavy atom. The number of amides is 2. The topological polar surface area (TPSA) is 85.3 Å². The van der Waals surface area contributed by atoms with Gasteiger partial charge in [0.1, 0.15) is 42.1 Å².